The average Bonchev–Trinajstić information content (AvgIpc) is 2.37. The third-order valence-electron chi connectivity index (χ3n) is 3.42. The van der Waals surface area contributed by atoms with Gasteiger partial charge in [-0.3, -0.25) is 0 Å². The van der Waals surface area contributed by atoms with Gasteiger partial charge < -0.3 is 5.32 Å². The molecular weight excluding hydrogens is 134 g/mol. The summed E-state index contributed by atoms with van der Waals surface area (Å²) in [4.78, 5) is 0. The van der Waals surface area contributed by atoms with E-state index in [1.54, 1.807) is 0 Å². The van der Waals surface area contributed by atoms with Crippen LogP contribution in [-0.2, 0) is 0 Å². The van der Waals surface area contributed by atoms with E-state index in [2.05, 4.69) is 12.2 Å². The van der Waals surface area contributed by atoms with Crippen LogP contribution in [0.25, 0.3) is 0 Å². The first-order valence-electron chi connectivity index (χ1n) is 5.06. The van der Waals surface area contributed by atoms with E-state index in [1.165, 1.54) is 45.1 Å². The highest BCUT2D eigenvalue weighted by atomic mass is 15.0. The summed E-state index contributed by atoms with van der Waals surface area (Å²) in [5.41, 5.74) is 0.595. The molecule has 0 aromatic heterocycles. The van der Waals surface area contributed by atoms with Gasteiger partial charge in [0.1, 0.15) is 0 Å². The molecule has 0 aromatic rings. The molecule has 2 aliphatic rings. The summed E-state index contributed by atoms with van der Waals surface area (Å²) in [6.07, 6.45) is 8.64. The highest BCUT2D eigenvalue weighted by molar-refractivity contribution is 4.96. The first-order chi connectivity index (χ1) is 5.31. The molecule has 1 spiro atoms. The van der Waals surface area contributed by atoms with Crippen LogP contribution in [-0.4, -0.2) is 12.1 Å². The highest BCUT2D eigenvalue weighted by Crippen LogP contribution is 2.37. The lowest BCUT2D eigenvalue weighted by Crippen LogP contribution is -2.43. The first-order valence-corrected chi connectivity index (χ1v) is 5.06. The van der Waals surface area contributed by atoms with Crippen molar-refractivity contribution >= 4 is 0 Å². The molecule has 2 atom stereocenters. The number of hydrogen-bond donors (Lipinski definition) is 1. The van der Waals surface area contributed by atoms with E-state index in [9.17, 15) is 0 Å². The van der Waals surface area contributed by atoms with Gasteiger partial charge in [0, 0.05) is 5.54 Å². The molecule has 1 N–H and O–H groups in total. The second-order valence-corrected chi connectivity index (χ2v) is 4.51. The summed E-state index contributed by atoms with van der Waals surface area (Å²) in [7, 11) is 0. The second-order valence-electron chi connectivity index (χ2n) is 4.51. The quantitative estimate of drug-likeness (QED) is 0.563. The maximum absolute atomic E-state index is 3.70. The largest absolute Gasteiger partial charge is 0.311 e. The molecule has 1 aliphatic carbocycles. The van der Waals surface area contributed by atoms with Crippen LogP contribution >= 0.6 is 0 Å². The Hall–Kier alpha value is -0.0400. The maximum atomic E-state index is 3.70. The van der Waals surface area contributed by atoms with E-state index in [1.807, 2.05) is 0 Å². The Balaban J connectivity index is 2.00. The summed E-state index contributed by atoms with van der Waals surface area (Å²) in [6.45, 7) is 3.67. The molecule has 2 fully saturated rings. The molecule has 2 rings (SSSR count). The fourth-order valence-electron chi connectivity index (χ4n) is 2.92. The van der Waals surface area contributed by atoms with Crippen molar-refractivity contribution in [2.75, 3.05) is 6.54 Å². The van der Waals surface area contributed by atoms with Gasteiger partial charge in [-0.2, -0.15) is 0 Å². The fraction of sp³-hybridized carbons (Fsp3) is 1.00. The lowest BCUT2D eigenvalue weighted by molar-refractivity contribution is 0.212. The van der Waals surface area contributed by atoms with Crippen LogP contribution in [0.5, 0.6) is 0 Å². The molecule has 0 amide bonds. The number of hydrogen-bond acceptors (Lipinski definition) is 1. The van der Waals surface area contributed by atoms with Crippen molar-refractivity contribution in [2.45, 2.75) is 51.0 Å². The molecule has 1 saturated heterocycles. The van der Waals surface area contributed by atoms with Gasteiger partial charge in [0.2, 0.25) is 0 Å². The highest BCUT2D eigenvalue weighted by Gasteiger charge is 2.36. The molecule has 1 aliphatic heterocycles. The van der Waals surface area contributed by atoms with E-state index in [0.717, 1.165) is 5.92 Å². The molecule has 64 valence electrons. The van der Waals surface area contributed by atoms with Crippen LogP contribution in [0, 0.1) is 5.92 Å². The fourth-order valence-corrected chi connectivity index (χ4v) is 2.92. The monoisotopic (exact) mass is 153 g/mol. The molecule has 1 nitrogen and oxygen atoms in total. The molecule has 0 radical (unpaired) electrons. The molecule has 0 aromatic carbocycles. The van der Waals surface area contributed by atoms with Crippen LogP contribution in [0.1, 0.15) is 45.4 Å². The van der Waals surface area contributed by atoms with Gasteiger partial charge in [-0.25, -0.2) is 0 Å². The summed E-state index contributed by atoms with van der Waals surface area (Å²) < 4.78 is 0. The van der Waals surface area contributed by atoms with Crippen molar-refractivity contribution in [2.24, 2.45) is 5.92 Å². The minimum absolute atomic E-state index is 0.595. The smallest absolute Gasteiger partial charge is 0.0184 e. The lowest BCUT2D eigenvalue weighted by atomic mass is 9.76. The minimum atomic E-state index is 0.595. The van der Waals surface area contributed by atoms with E-state index >= 15 is 0 Å². The van der Waals surface area contributed by atoms with Crippen molar-refractivity contribution in [3.8, 4) is 0 Å². The zero-order valence-electron chi connectivity index (χ0n) is 7.53. The van der Waals surface area contributed by atoms with Gasteiger partial charge in [-0.05, 0) is 38.1 Å². The van der Waals surface area contributed by atoms with Crippen molar-refractivity contribution in [3.63, 3.8) is 0 Å². The molecule has 1 saturated carbocycles. The molecular formula is C10H19N. The Morgan fingerprint density at radius 2 is 2.09 bits per heavy atom. The summed E-state index contributed by atoms with van der Waals surface area (Å²) >= 11 is 0. The molecule has 0 bridgehead atoms. The van der Waals surface area contributed by atoms with Gasteiger partial charge in [0.25, 0.3) is 0 Å². The third kappa shape index (κ3) is 1.44. The predicted molar refractivity (Wildman–Crippen MR) is 47.6 cm³/mol. The Morgan fingerprint density at radius 3 is 2.73 bits per heavy atom. The maximum Gasteiger partial charge on any atom is 0.0184 e. The van der Waals surface area contributed by atoms with Gasteiger partial charge in [0.05, 0.1) is 0 Å². The number of rotatable bonds is 0. The second kappa shape index (κ2) is 2.78. The standard InChI is InChI=1S/C10H19N/c1-9-4-2-5-10(8-9)6-3-7-11-10/h9,11H,2-8H2,1H3/t9-,10?/m0/s1. The zero-order valence-corrected chi connectivity index (χ0v) is 7.53. The van der Waals surface area contributed by atoms with Crippen molar-refractivity contribution in [1.82, 2.24) is 5.32 Å². The van der Waals surface area contributed by atoms with Gasteiger partial charge in [0.15, 0.2) is 0 Å². The predicted octanol–water partition coefficient (Wildman–Crippen LogP) is 2.32. The molecule has 1 heteroatoms. The van der Waals surface area contributed by atoms with Crippen LogP contribution < -0.4 is 5.32 Å². The third-order valence-corrected chi connectivity index (χ3v) is 3.42. The zero-order chi connectivity index (χ0) is 7.73. The summed E-state index contributed by atoms with van der Waals surface area (Å²) in [5, 5.41) is 3.70. The topological polar surface area (TPSA) is 12.0 Å². The normalized spacial score (nSPS) is 45.0. The van der Waals surface area contributed by atoms with Crippen LogP contribution in [0.2, 0.25) is 0 Å². The summed E-state index contributed by atoms with van der Waals surface area (Å²) in [6, 6.07) is 0. The van der Waals surface area contributed by atoms with Gasteiger partial charge >= 0.3 is 0 Å². The molecule has 11 heavy (non-hydrogen) atoms. The molecule has 1 heterocycles. The lowest BCUT2D eigenvalue weighted by Gasteiger charge is -2.37. The van der Waals surface area contributed by atoms with Crippen LogP contribution in [0.15, 0.2) is 0 Å². The minimum Gasteiger partial charge on any atom is -0.311 e. The first kappa shape index (κ1) is 7.60. The van der Waals surface area contributed by atoms with E-state index in [0.29, 0.717) is 5.54 Å². The SMILES string of the molecule is C[C@H]1CCCC2(CCCN2)C1. The van der Waals surface area contributed by atoms with E-state index in [4.69, 9.17) is 0 Å². The Labute approximate surface area is 69.6 Å². The summed E-state index contributed by atoms with van der Waals surface area (Å²) in [5.74, 6) is 0.967. The number of nitrogens with one attached hydrogen (secondary N) is 1. The van der Waals surface area contributed by atoms with Crippen LogP contribution in [0.3, 0.4) is 0 Å². The van der Waals surface area contributed by atoms with E-state index < -0.39 is 0 Å². The van der Waals surface area contributed by atoms with E-state index in [-0.39, 0.29) is 0 Å². The van der Waals surface area contributed by atoms with Crippen LogP contribution in [0.4, 0.5) is 0 Å². The van der Waals surface area contributed by atoms with Gasteiger partial charge in [-0.15, -0.1) is 0 Å². The van der Waals surface area contributed by atoms with Crippen molar-refractivity contribution < 1.29 is 0 Å². The Morgan fingerprint density at radius 1 is 1.27 bits per heavy atom. The van der Waals surface area contributed by atoms with Gasteiger partial charge in [-0.1, -0.05) is 19.8 Å². The van der Waals surface area contributed by atoms with Crippen molar-refractivity contribution in [1.29, 1.82) is 0 Å². The van der Waals surface area contributed by atoms with Crippen molar-refractivity contribution in [3.05, 3.63) is 0 Å². The Bertz CT molecular complexity index is 136. The Kier molecular flexibility index (Phi) is 1.92. The molecule has 1 unspecified atom stereocenters. The average molecular weight is 153 g/mol.